The quantitative estimate of drug-likeness (QED) is 0.449. The summed E-state index contributed by atoms with van der Waals surface area (Å²) in [7, 11) is 0. The maximum Gasteiger partial charge on any atom is 0.389 e. The number of halogens is 3. The van der Waals surface area contributed by atoms with Crippen molar-refractivity contribution < 1.29 is 13.2 Å². The molecular formula is C25H41F3. The van der Waals surface area contributed by atoms with Gasteiger partial charge in [0.1, 0.15) is 0 Å². The fourth-order valence-corrected chi connectivity index (χ4v) is 8.82. The predicted molar refractivity (Wildman–Crippen MR) is 109 cm³/mol. The van der Waals surface area contributed by atoms with Crippen molar-refractivity contribution in [3.63, 3.8) is 0 Å². The van der Waals surface area contributed by atoms with Crippen LogP contribution < -0.4 is 0 Å². The van der Waals surface area contributed by atoms with Crippen LogP contribution in [0, 0.1) is 52.3 Å². The van der Waals surface area contributed by atoms with Gasteiger partial charge in [0.2, 0.25) is 0 Å². The van der Waals surface area contributed by atoms with Crippen molar-refractivity contribution in [1.82, 2.24) is 0 Å². The van der Waals surface area contributed by atoms with E-state index in [0.29, 0.717) is 23.7 Å². The zero-order chi connectivity index (χ0) is 20.3. The van der Waals surface area contributed by atoms with Crippen molar-refractivity contribution in [2.45, 2.75) is 105 Å². The van der Waals surface area contributed by atoms with Crippen LogP contribution in [0.25, 0.3) is 0 Å². The molecule has 0 heterocycles. The molecule has 0 saturated heterocycles. The molecule has 4 aliphatic rings. The molecule has 3 heteroatoms. The molecule has 4 aliphatic carbocycles. The van der Waals surface area contributed by atoms with Crippen molar-refractivity contribution in [3.8, 4) is 0 Å². The topological polar surface area (TPSA) is 0 Å². The van der Waals surface area contributed by atoms with E-state index in [4.69, 9.17) is 0 Å². The number of alkyl halides is 3. The summed E-state index contributed by atoms with van der Waals surface area (Å²) < 4.78 is 38.6. The van der Waals surface area contributed by atoms with Gasteiger partial charge in [-0.25, -0.2) is 0 Å². The molecule has 4 fully saturated rings. The van der Waals surface area contributed by atoms with Crippen molar-refractivity contribution in [1.29, 1.82) is 0 Å². The fraction of sp³-hybridized carbons (Fsp3) is 1.00. The average molecular weight is 399 g/mol. The van der Waals surface area contributed by atoms with Crippen LogP contribution in [0.15, 0.2) is 0 Å². The molecule has 0 nitrogen and oxygen atoms in total. The molecule has 0 aromatic rings. The smallest absolute Gasteiger partial charge is 0.171 e. The highest BCUT2D eigenvalue weighted by Gasteiger charge is 2.60. The Bertz CT molecular complexity index is 567. The zero-order valence-corrected chi connectivity index (χ0v) is 18.5. The third kappa shape index (κ3) is 3.45. The van der Waals surface area contributed by atoms with Crippen LogP contribution in [0.5, 0.6) is 0 Å². The monoisotopic (exact) mass is 398 g/mol. The summed E-state index contributed by atoms with van der Waals surface area (Å²) in [6.45, 7) is 9.75. The van der Waals surface area contributed by atoms with Gasteiger partial charge < -0.3 is 0 Å². The SMILES string of the molecule is CC(C)C1CC[C@]2(C)C3CC[C@]4(C)C(CCC(F)(F)F)CCC4C3CC[C@@H]2C1. The molecule has 0 amide bonds. The van der Waals surface area contributed by atoms with E-state index in [1.807, 2.05) is 0 Å². The van der Waals surface area contributed by atoms with Gasteiger partial charge >= 0.3 is 6.18 Å². The average Bonchev–Trinajstić information content (AvgIpc) is 2.95. The van der Waals surface area contributed by atoms with Crippen LogP contribution >= 0.6 is 0 Å². The first kappa shape index (κ1) is 21.0. The molecule has 0 bridgehead atoms. The summed E-state index contributed by atoms with van der Waals surface area (Å²) in [5.74, 6) is 5.20. The lowest BCUT2D eigenvalue weighted by Gasteiger charge is -2.61. The maximum absolute atomic E-state index is 12.9. The summed E-state index contributed by atoms with van der Waals surface area (Å²) in [6.07, 6.45) is 7.41. The Hall–Kier alpha value is -0.210. The van der Waals surface area contributed by atoms with E-state index in [1.165, 1.54) is 51.4 Å². The van der Waals surface area contributed by atoms with E-state index in [0.717, 1.165) is 36.0 Å². The Morgan fingerprint density at radius 3 is 2.21 bits per heavy atom. The van der Waals surface area contributed by atoms with Gasteiger partial charge in [0.15, 0.2) is 0 Å². The van der Waals surface area contributed by atoms with Gasteiger partial charge in [-0.05, 0) is 116 Å². The Labute approximate surface area is 170 Å². The standard InChI is InChI=1S/C25H41F3/c1-16(2)17-9-12-24(4)19(15-17)5-7-20-21-8-6-18(10-14-25(26,27)28)23(21,3)13-11-22(20)24/h16-22H,5-15H2,1-4H3/t17?,18?,19-,20?,21?,22?,23-,24+/m1/s1. The highest BCUT2D eigenvalue weighted by atomic mass is 19.4. The molecule has 28 heavy (non-hydrogen) atoms. The summed E-state index contributed by atoms with van der Waals surface area (Å²) in [5.41, 5.74) is 0.671. The van der Waals surface area contributed by atoms with Gasteiger partial charge in [-0.3, -0.25) is 0 Å². The summed E-state index contributed by atoms with van der Waals surface area (Å²) >= 11 is 0. The van der Waals surface area contributed by atoms with Crippen LogP contribution in [-0.4, -0.2) is 6.18 Å². The van der Waals surface area contributed by atoms with Gasteiger partial charge in [-0.15, -0.1) is 0 Å². The Balaban J connectivity index is 1.49. The number of hydrogen-bond donors (Lipinski definition) is 0. The zero-order valence-electron chi connectivity index (χ0n) is 18.5. The highest BCUT2D eigenvalue weighted by Crippen LogP contribution is 2.68. The molecular weight excluding hydrogens is 357 g/mol. The molecule has 4 saturated carbocycles. The molecule has 5 unspecified atom stereocenters. The first-order valence-corrected chi connectivity index (χ1v) is 12.1. The fourth-order valence-electron chi connectivity index (χ4n) is 8.82. The summed E-state index contributed by atoms with van der Waals surface area (Å²) in [6, 6.07) is 0. The minimum Gasteiger partial charge on any atom is -0.171 e. The molecule has 0 N–H and O–H groups in total. The lowest BCUT2D eigenvalue weighted by atomic mass is 9.44. The Morgan fingerprint density at radius 1 is 0.857 bits per heavy atom. The molecule has 8 atom stereocenters. The van der Waals surface area contributed by atoms with E-state index in [-0.39, 0.29) is 5.41 Å². The molecule has 0 aromatic carbocycles. The van der Waals surface area contributed by atoms with Crippen LogP contribution in [0.4, 0.5) is 13.2 Å². The van der Waals surface area contributed by atoms with Gasteiger partial charge in [0.25, 0.3) is 0 Å². The number of hydrogen-bond acceptors (Lipinski definition) is 0. The predicted octanol–water partition coefficient (Wildman–Crippen LogP) is 8.26. The van der Waals surface area contributed by atoms with Gasteiger partial charge in [-0.1, -0.05) is 27.7 Å². The largest absolute Gasteiger partial charge is 0.389 e. The lowest BCUT2D eigenvalue weighted by molar-refractivity contribution is -0.144. The van der Waals surface area contributed by atoms with E-state index in [9.17, 15) is 13.2 Å². The molecule has 4 rings (SSSR count). The molecule has 0 aromatic heterocycles. The Kier molecular flexibility index (Phi) is 5.40. The van der Waals surface area contributed by atoms with Gasteiger partial charge in [0.05, 0.1) is 0 Å². The van der Waals surface area contributed by atoms with Crippen molar-refractivity contribution >= 4 is 0 Å². The van der Waals surface area contributed by atoms with Crippen LogP contribution in [0.3, 0.4) is 0 Å². The molecule has 162 valence electrons. The maximum atomic E-state index is 12.9. The summed E-state index contributed by atoms with van der Waals surface area (Å²) in [4.78, 5) is 0. The van der Waals surface area contributed by atoms with Crippen LogP contribution in [0.2, 0.25) is 0 Å². The van der Waals surface area contributed by atoms with Crippen LogP contribution in [0.1, 0.15) is 98.3 Å². The first-order chi connectivity index (χ1) is 13.0. The van der Waals surface area contributed by atoms with Crippen molar-refractivity contribution in [2.24, 2.45) is 52.3 Å². The van der Waals surface area contributed by atoms with Crippen molar-refractivity contribution in [3.05, 3.63) is 0 Å². The van der Waals surface area contributed by atoms with Crippen LogP contribution in [-0.2, 0) is 0 Å². The van der Waals surface area contributed by atoms with E-state index in [2.05, 4.69) is 27.7 Å². The lowest BCUT2D eigenvalue weighted by Crippen LogP contribution is -2.53. The summed E-state index contributed by atoms with van der Waals surface area (Å²) in [5, 5.41) is 0. The van der Waals surface area contributed by atoms with Crippen molar-refractivity contribution in [2.75, 3.05) is 0 Å². The third-order valence-corrected chi connectivity index (χ3v) is 10.6. The second-order valence-electron chi connectivity index (χ2n) is 11.9. The molecule has 0 radical (unpaired) electrons. The molecule has 0 aliphatic heterocycles. The third-order valence-electron chi connectivity index (χ3n) is 10.6. The van der Waals surface area contributed by atoms with E-state index in [1.54, 1.807) is 0 Å². The van der Waals surface area contributed by atoms with Gasteiger partial charge in [0, 0.05) is 6.42 Å². The second-order valence-corrected chi connectivity index (χ2v) is 11.9. The van der Waals surface area contributed by atoms with E-state index >= 15 is 0 Å². The second kappa shape index (κ2) is 7.19. The first-order valence-electron chi connectivity index (χ1n) is 12.1. The number of fused-ring (bicyclic) bond motifs is 5. The van der Waals surface area contributed by atoms with Gasteiger partial charge in [-0.2, -0.15) is 13.2 Å². The van der Waals surface area contributed by atoms with E-state index < -0.39 is 12.6 Å². The minimum absolute atomic E-state index is 0.171. The molecule has 0 spiro atoms. The number of rotatable bonds is 3. The Morgan fingerprint density at radius 2 is 1.54 bits per heavy atom. The highest BCUT2D eigenvalue weighted by molar-refractivity contribution is 5.09. The normalized spacial score (nSPS) is 48.9. The minimum atomic E-state index is -3.99.